The molecule has 0 amide bonds. The van der Waals surface area contributed by atoms with Crippen LogP contribution in [0.5, 0.6) is 0 Å². The molecule has 2 aliphatic heterocycles. The lowest BCUT2D eigenvalue weighted by atomic mass is 9.78. The van der Waals surface area contributed by atoms with Crippen molar-refractivity contribution in [2.24, 2.45) is 5.92 Å². The summed E-state index contributed by atoms with van der Waals surface area (Å²) in [7, 11) is 4.17. The minimum atomic E-state index is 0.131. The van der Waals surface area contributed by atoms with Gasteiger partial charge in [-0.3, -0.25) is 4.79 Å². The summed E-state index contributed by atoms with van der Waals surface area (Å²) < 4.78 is 3.24. The van der Waals surface area contributed by atoms with E-state index in [1.807, 2.05) is 13.0 Å². The molecule has 0 N–H and O–H groups in total. The third kappa shape index (κ3) is 2.84. The Morgan fingerprint density at radius 2 is 2.07 bits per heavy atom. The lowest BCUT2D eigenvalue weighted by molar-refractivity contribution is 0.174. The van der Waals surface area contributed by atoms with Crippen molar-refractivity contribution in [3.05, 3.63) is 51.5 Å². The van der Waals surface area contributed by atoms with Crippen LogP contribution in [-0.4, -0.2) is 53.2 Å². The number of nitrogens with zero attached hydrogens (tertiary/aromatic N) is 5. The Morgan fingerprint density at radius 1 is 1.21 bits per heavy atom. The first-order chi connectivity index (χ1) is 13.5. The molecule has 3 aromatic heterocycles. The van der Waals surface area contributed by atoms with Gasteiger partial charge in [-0.25, -0.2) is 9.97 Å². The summed E-state index contributed by atoms with van der Waals surface area (Å²) in [5.74, 6) is 2.66. The molecular formula is C21H25N5OS. The van der Waals surface area contributed by atoms with Crippen LogP contribution in [0.25, 0.3) is 10.2 Å². The molecule has 0 radical (unpaired) electrons. The molecule has 3 aromatic rings. The van der Waals surface area contributed by atoms with E-state index in [-0.39, 0.29) is 11.6 Å². The fourth-order valence-corrected chi connectivity index (χ4v) is 5.85. The van der Waals surface area contributed by atoms with E-state index in [2.05, 4.69) is 51.0 Å². The topological polar surface area (TPSA) is 54.3 Å². The van der Waals surface area contributed by atoms with E-state index in [9.17, 15) is 4.79 Å². The van der Waals surface area contributed by atoms with E-state index >= 15 is 0 Å². The summed E-state index contributed by atoms with van der Waals surface area (Å²) in [6.07, 6.45) is 1.14. The maximum absolute atomic E-state index is 12.7. The molecule has 2 bridgehead atoms. The Hall–Kier alpha value is -2.25. The number of hydrogen-bond acceptors (Lipinski definition) is 6. The van der Waals surface area contributed by atoms with E-state index in [1.54, 1.807) is 17.4 Å². The maximum Gasteiger partial charge on any atom is 0.251 e. The Morgan fingerprint density at radius 3 is 2.89 bits per heavy atom. The third-order valence-electron chi connectivity index (χ3n) is 6.05. The van der Waals surface area contributed by atoms with Gasteiger partial charge in [0, 0.05) is 37.3 Å². The molecular weight excluding hydrogens is 370 g/mol. The maximum atomic E-state index is 12.7. The van der Waals surface area contributed by atoms with Crippen LogP contribution >= 0.6 is 11.3 Å². The van der Waals surface area contributed by atoms with Crippen molar-refractivity contribution in [2.45, 2.75) is 25.3 Å². The molecule has 28 heavy (non-hydrogen) atoms. The highest BCUT2D eigenvalue weighted by Gasteiger charge is 2.41. The van der Waals surface area contributed by atoms with Crippen molar-refractivity contribution in [3.8, 4) is 0 Å². The highest BCUT2D eigenvalue weighted by Crippen LogP contribution is 2.43. The van der Waals surface area contributed by atoms with Crippen LogP contribution in [0.2, 0.25) is 0 Å². The second kappa shape index (κ2) is 6.67. The summed E-state index contributed by atoms with van der Waals surface area (Å²) in [4.78, 5) is 26.8. The molecule has 146 valence electrons. The van der Waals surface area contributed by atoms with Crippen LogP contribution in [0, 0.1) is 12.8 Å². The largest absolute Gasteiger partial charge is 0.354 e. The fourth-order valence-electron chi connectivity index (χ4n) is 5.00. The number of anilines is 1. The molecule has 1 saturated heterocycles. The quantitative estimate of drug-likeness (QED) is 0.683. The predicted octanol–water partition coefficient (Wildman–Crippen LogP) is 2.89. The molecule has 5 heterocycles. The first-order valence-corrected chi connectivity index (χ1v) is 10.7. The van der Waals surface area contributed by atoms with E-state index < -0.39 is 0 Å². The number of fused-ring (bicyclic) bond motifs is 5. The predicted molar refractivity (Wildman–Crippen MR) is 114 cm³/mol. The van der Waals surface area contributed by atoms with E-state index in [4.69, 9.17) is 4.98 Å². The SMILES string of the molecule is Cc1nc(N2C[C@H]3C[C@@H](C2)[C@H](CN(C)C)n2c3cccc2=O)c2sccc2n1. The van der Waals surface area contributed by atoms with Gasteiger partial charge in [0.05, 0.1) is 16.3 Å². The van der Waals surface area contributed by atoms with Crippen molar-refractivity contribution < 1.29 is 0 Å². The van der Waals surface area contributed by atoms with Gasteiger partial charge < -0.3 is 14.4 Å². The zero-order valence-electron chi connectivity index (χ0n) is 16.5. The van der Waals surface area contributed by atoms with Gasteiger partial charge in [-0.05, 0) is 50.9 Å². The second-order valence-corrected chi connectivity index (χ2v) is 9.23. The molecule has 0 saturated carbocycles. The monoisotopic (exact) mass is 395 g/mol. The van der Waals surface area contributed by atoms with Gasteiger partial charge in [0.25, 0.3) is 5.56 Å². The van der Waals surface area contributed by atoms with Crippen molar-refractivity contribution in [3.63, 3.8) is 0 Å². The summed E-state index contributed by atoms with van der Waals surface area (Å²) >= 11 is 1.71. The summed E-state index contributed by atoms with van der Waals surface area (Å²) in [6, 6.07) is 8.02. The van der Waals surface area contributed by atoms with Gasteiger partial charge in [0.2, 0.25) is 0 Å². The number of rotatable bonds is 3. The number of pyridine rings is 1. The van der Waals surface area contributed by atoms with E-state index in [0.717, 1.165) is 43.2 Å². The molecule has 0 spiro atoms. The molecule has 0 aliphatic carbocycles. The smallest absolute Gasteiger partial charge is 0.251 e. The average Bonchev–Trinajstić information content (AvgIpc) is 3.12. The summed E-state index contributed by atoms with van der Waals surface area (Å²) in [5, 5.41) is 2.09. The molecule has 5 rings (SSSR count). The Bertz CT molecular complexity index is 1090. The zero-order chi connectivity index (χ0) is 19.4. The number of aryl methyl sites for hydroxylation is 1. The van der Waals surface area contributed by atoms with Crippen molar-refractivity contribution in [1.82, 2.24) is 19.4 Å². The van der Waals surface area contributed by atoms with Crippen LogP contribution in [0.15, 0.2) is 34.4 Å². The van der Waals surface area contributed by atoms with Gasteiger partial charge in [-0.1, -0.05) is 6.07 Å². The van der Waals surface area contributed by atoms with Crippen molar-refractivity contribution >= 4 is 27.4 Å². The molecule has 0 unspecified atom stereocenters. The second-order valence-electron chi connectivity index (χ2n) is 8.32. The Balaban J connectivity index is 1.60. The van der Waals surface area contributed by atoms with Gasteiger partial charge in [-0.15, -0.1) is 11.3 Å². The normalized spacial score (nSPS) is 24.0. The van der Waals surface area contributed by atoms with Gasteiger partial charge in [0.15, 0.2) is 0 Å². The molecule has 7 heteroatoms. The first-order valence-electron chi connectivity index (χ1n) is 9.84. The van der Waals surface area contributed by atoms with E-state index in [0.29, 0.717) is 11.8 Å². The van der Waals surface area contributed by atoms with Crippen LogP contribution < -0.4 is 10.5 Å². The molecule has 6 nitrogen and oxygen atoms in total. The number of hydrogen-bond donors (Lipinski definition) is 0. The number of aromatic nitrogens is 3. The van der Waals surface area contributed by atoms with Gasteiger partial charge in [0.1, 0.15) is 11.6 Å². The zero-order valence-corrected chi connectivity index (χ0v) is 17.3. The average molecular weight is 396 g/mol. The van der Waals surface area contributed by atoms with E-state index in [1.165, 1.54) is 10.4 Å². The lowest BCUT2D eigenvalue weighted by Gasteiger charge is -2.48. The minimum absolute atomic E-state index is 0.131. The number of thiophene rings is 1. The molecule has 2 aliphatic rings. The molecule has 0 aromatic carbocycles. The third-order valence-corrected chi connectivity index (χ3v) is 6.95. The van der Waals surface area contributed by atoms with Crippen LogP contribution in [0.1, 0.15) is 29.9 Å². The highest BCUT2D eigenvalue weighted by molar-refractivity contribution is 7.17. The minimum Gasteiger partial charge on any atom is -0.354 e. The van der Waals surface area contributed by atoms with Gasteiger partial charge in [-0.2, -0.15) is 0 Å². The van der Waals surface area contributed by atoms with Crippen LogP contribution in [0.4, 0.5) is 5.82 Å². The Labute approximate surface area is 168 Å². The molecule has 1 fully saturated rings. The standard InChI is InChI=1S/C21H25N5OS/c1-13-22-16-7-8-28-20(16)21(23-13)25-10-14-9-15(11-25)18(12-24(2)3)26-17(14)5-4-6-19(26)27/h4-8,14-15,18H,9-12H2,1-3H3/t14-,15+,18+/m1/s1. The van der Waals surface area contributed by atoms with Crippen molar-refractivity contribution in [1.29, 1.82) is 0 Å². The number of piperidine rings is 1. The highest BCUT2D eigenvalue weighted by atomic mass is 32.1. The van der Waals surface area contributed by atoms with Gasteiger partial charge >= 0.3 is 0 Å². The first kappa shape index (κ1) is 17.8. The lowest BCUT2D eigenvalue weighted by Crippen LogP contribution is -2.51. The van der Waals surface area contributed by atoms with Crippen molar-refractivity contribution in [2.75, 3.05) is 38.6 Å². The molecule has 3 atom stereocenters. The fraction of sp³-hybridized carbons (Fsp3) is 0.476. The van der Waals surface area contributed by atoms with Crippen LogP contribution in [0.3, 0.4) is 0 Å². The summed E-state index contributed by atoms with van der Waals surface area (Å²) in [6.45, 7) is 4.67. The Kier molecular flexibility index (Phi) is 4.25. The summed E-state index contributed by atoms with van der Waals surface area (Å²) in [5.41, 5.74) is 2.34. The number of likely N-dealkylation sites (N-methyl/N-ethyl adjacent to an activating group) is 1. The van der Waals surface area contributed by atoms with Crippen LogP contribution in [-0.2, 0) is 0 Å².